The van der Waals surface area contributed by atoms with Gasteiger partial charge in [-0.2, -0.15) is 0 Å². The van der Waals surface area contributed by atoms with Crippen LogP contribution in [0, 0.1) is 0 Å². The van der Waals surface area contributed by atoms with E-state index in [-0.39, 0.29) is 0 Å². The molecule has 0 radical (unpaired) electrons. The van der Waals surface area contributed by atoms with Crippen molar-refractivity contribution in [2.24, 2.45) is 0 Å². The zero-order valence-corrected chi connectivity index (χ0v) is 4.50. The maximum atomic E-state index is 10.4. The van der Waals surface area contributed by atoms with Crippen molar-refractivity contribution in [2.75, 3.05) is 0 Å². The van der Waals surface area contributed by atoms with Crippen LogP contribution in [0.1, 0.15) is 0 Å². The predicted molar refractivity (Wildman–Crippen MR) is 27.1 cm³/mol. The van der Waals surface area contributed by atoms with Crippen molar-refractivity contribution in [3.05, 3.63) is 12.3 Å². The van der Waals surface area contributed by atoms with Gasteiger partial charge in [0.25, 0.3) is 5.91 Å². The summed E-state index contributed by atoms with van der Waals surface area (Å²) in [6.45, 7) is 0. The number of amides is 1. The van der Waals surface area contributed by atoms with Crippen molar-refractivity contribution < 1.29 is 14.8 Å². The van der Waals surface area contributed by atoms with Gasteiger partial charge in [-0.15, -0.1) is 0 Å². The molecule has 1 heterocycles. The van der Waals surface area contributed by atoms with Crippen LogP contribution in [-0.2, 0) is 9.63 Å². The van der Waals surface area contributed by atoms with Gasteiger partial charge in [0.05, 0.1) is 0 Å². The molecule has 1 aliphatic rings. The quantitative estimate of drug-likeness (QED) is 0.311. The first kappa shape index (κ1) is 6.06. The Morgan fingerprint density at radius 2 is 2.67 bits per heavy atom. The summed E-state index contributed by atoms with van der Waals surface area (Å²) in [5.74, 6) is -0.587. The molecular weight excluding hydrogens is 124 g/mol. The van der Waals surface area contributed by atoms with Gasteiger partial charge in [0.1, 0.15) is 0 Å². The average molecular weight is 130 g/mol. The number of carbonyl (C=O) groups excluding carboxylic acids is 1. The van der Waals surface area contributed by atoms with Gasteiger partial charge >= 0.3 is 0 Å². The topological polar surface area (TPSA) is 70.6 Å². The lowest BCUT2D eigenvalue weighted by Gasteiger charge is -2.02. The van der Waals surface area contributed by atoms with Crippen LogP contribution in [0.3, 0.4) is 0 Å². The average Bonchev–Trinajstić information content (AvgIpc) is 2.37. The Labute approximate surface area is 51.2 Å². The second-order valence-corrected chi connectivity index (χ2v) is 1.49. The summed E-state index contributed by atoms with van der Waals surface area (Å²) < 4.78 is 0. The van der Waals surface area contributed by atoms with E-state index >= 15 is 0 Å². The number of hydrogen-bond donors (Lipinski definition) is 3. The molecule has 0 aromatic heterocycles. The van der Waals surface area contributed by atoms with E-state index in [1.807, 2.05) is 0 Å². The normalized spacial score (nSPS) is 23.4. The van der Waals surface area contributed by atoms with Crippen LogP contribution < -0.4 is 11.0 Å². The molecule has 0 saturated carbocycles. The molecule has 5 heteroatoms. The fraction of sp³-hybridized carbons (Fsp3) is 0.250. The fourth-order valence-electron chi connectivity index (χ4n) is 0.483. The van der Waals surface area contributed by atoms with Crippen LogP contribution in [0.4, 0.5) is 0 Å². The number of hydrogen-bond acceptors (Lipinski definition) is 4. The monoisotopic (exact) mass is 130 g/mol. The van der Waals surface area contributed by atoms with Gasteiger partial charge in [-0.3, -0.25) is 20.3 Å². The van der Waals surface area contributed by atoms with Crippen LogP contribution in [0.15, 0.2) is 12.3 Å². The lowest BCUT2D eigenvalue weighted by Crippen LogP contribution is -2.32. The highest BCUT2D eigenvalue weighted by molar-refractivity contribution is 5.81. The summed E-state index contributed by atoms with van der Waals surface area (Å²) in [4.78, 5) is 15.0. The molecule has 1 rings (SSSR count). The van der Waals surface area contributed by atoms with Gasteiger partial charge in [-0.25, -0.2) is 5.48 Å². The minimum atomic E-state index is -0.713. The lowest BCUT2D eigenvalue weighted by atomic mass is 10.3. The molecular formula is C4H6N2O3. The molecule has 9 heavy (non-hydrogen) atoms. The third kappa shape index (κ3) is 1.18. The molecule has 5 nitrogen and oxygen atoms in total. The standard InChI is InChI=1S/C4H6N2O3/c7-4(6-8)3-1-2-5-9-3/h1-3,5,8H,(H,6,7). The van der Waals surface area contributed by atoms with Gasteiger partial charge in [-0.05, 0) is 6.08 Å². The van der Waals surface area contributed by atoms with Crippen molar-refractivity contribution in [1.82, 2.24) is 11.0 Å². The Bertz CT molecular complexity index is 145. The van der Waals surface area contributed by atoms with E-state index in [2.05, 4.69) is 10.3 Å². The maximum absolute atomic E-state index is 10.4. The summed E-state index contributed by atoms with van der Waals surface area (Å²) in [6, 6.07) is 0. The first-order chi connectivity index (χ1) is 4.34. The van der Waals surface area contributed by atoms with Gasteiger partial charge in [0, 0.05) is 6.20 Å². The summed E-state index contributed by atoms with van der Waals surface area (Å²) >= 11 is 0. The highest BCUT2D eigenvalue weighted by Gasteiger charge is 2.17. The fourth-order valence-corrected chi connectivity index (χ4v) is 0.483. The first-order valence-corrected chi connectivity index (χ1v) is 2.36. The van der Waals surface area contributed by atoms with E-state index in [1.165, 1.54) is 17.8 Å². The van der Waals surface area contributed by atoms with Gasteiger partial charge in [0.15, 0.2) is 6.10 Å². The molecule has 0 aromatic carbocycles. The second kappa shape index (κ2) is 2.47. The van der Waals surface area contributed by atoms with Crippen LogP contribution in [0.25, 0.3) is 0 Å². The molecule has 0 saturated heterocycles. The maximum Gasteiger partial charge on any atom is 0.279 e. The third-order valence-corrected chi connectivity index (χ3v) is 0.903. The molecule has 1 unspecified atom stereocenters. The summed E-state index contributed by atoms with van der Waals surface area (Å²) in [7, 11) is 0. The van der Waals surface area contributed by atoms with E-state index in [1.54, 1.807) is 0 Å². The van der Waals surface area contributed by atoms with E-state index in [4.69, 9.17) is 5.21 Å². The van der Waals surface area contributed by atoms with Crippen molar-refractivity contribution in [2.45, 2.75) is 6.10 Å². The van der Waals surface area contributed by atoms with E-state index in [9.17, 15) is 4.79 Å². The second-order valence-electron chi connectivity index (χ2n) is 1.49. The van der Waals surface area contributed by atoms with Crippen molar-refractivity contribution >= 4 is 5.91 Å². The number of carbonyl (C=O) groups is 1. The third-order valence-electron chi connectivity index (χ3n) is 0.903. The number of hydroxylamine groups is 2. The Balaban J connectivity index is 2.43. The van der Waals surface area contributed by atoms with E-state index in [0.29, 0.717) is 0 Å². The van der Waals surface area contributed by atoms with Crippen molar-refractivity contribution in [1.29, 1.82) is 0 Å². The molecule has 50 valence electrons. The van der Waals surface area contributed by atoms with Crippen LogP contribution in [0.5, 0.6) is 0 Å². The first-order valence-electron chi connectivity index (χ1n) is 2.36. The molecule has 1 aliphatic heterocycles. The summed E-state index contributed by atoms with van der Waals surface area (Å²) in [5, 5.41) is 8.05. The highest BCUT2D eigenvalue weighted by atomic mass is 16.7. The van der Waals surface area contributed by atoms with Crippen molar-refractivity contribution in [3.63, 3.8) is 0 Å². The molecule has 0 bridgehead atoms. The molecule has 1 atom stereocenters. The zero-order chi connectivity index (χ0) is 6.69. The Kier molecular flexibility index (Phi) is 1.66. The smallest absolute Gasteiger partial charge is 0.279 e. The lowest BCUT2D eigenvalue weighted by molar-refractivity contribution is -0.139. The number of rotatable bonds is 1. The highest BCUT2D eigenvalue weighted by Crippen LogP contribution is 1.96. The van der Waals surface area contributed by atoms with Crippen LogP contribution >= 0.6 is 0 Å². The van der Waals surface area contributed by atoms with E-state index < -0.39 is 12.0 Å². The minimum Gasteiger partial charge on any atom is -0.289 e. The van der Waals surface area contributed by atoms with Crippen molar-refractivity contribution in [3.8, 4) is 0 Å². The van der Waals surface area contributed by atoms with Crippen LogP contribution in [-0.4, -0.2) is 17.2 Å². The van der Waals surface area contributed by atoms with Gasteiger partial charge in [-0.1, -0.05) is 0 Å². The van der Waals surface area contributed by atoms with E-state index in [0.717, 1.165) is 0 Å². The molecule has 3 N–H and O–H groups in total. The summed E-state index contributed by atoms with van der Waals surface area (Å²) in [5.41, 5.74) is 3.79. The molecule has 0 aromatic rings. The molecule has 1 amide bonds. The molecule has 0 fully saturated rings. The Hall–Kier alpha value is -1.07. The minimum absolute atomic E-state index is 0.587. The zero-order valence-electron chi connectivity index (χ0n) is 4.50. The van der Waals surface area contributed by atoms with Gasteiger partial charge < -0.3 is 0 Å². The number of nitrogens with one attached hydrogen (secondary N) is 2. The molecule has 0 spiro atoms. The SMILES string of the molecule is O=C(NO)C1C=CNO1. The predicted octanol–water partition coefficient (Wildman–Crippen LogP) is -1.09. The largest absolute Gasteiger partial charge is 0.289 e. The summed E-state index contributed by atoms with van der Waals surface area (Å²) in [6.07, 6.45) is 2.24. The van der Waals surface area contributed by atoms with Gasteiger partial charge in [0.2, 0.25) is 0 Å². The Morgan fingerprint density at radius 1 is 1.89 bits per heavy atom. The van der Waals surface area contributed by atoms with Crippen LogP contribution in [0.2, 0.25) is 0 Å². The Morgan fingerprint density at radius 3 is 3.11 bits per heavy atom. The molecule has 0 aliphatic carbocycles.